The van der Waals surface area contributed by atoms with Gasteiger partial charge < -0.3 is 9.15 Å². The first-order chi connectivity index (χ1) is 10.5. The Balaban J connectivity index is 1.65. The minimum atomic E-state index is -3.47. The van der Waals surface area contributed by atoms with Crippen molar-refractivity contribution in [3.05, 3.63) is 17.9 Å². The SMILES string of the molecule is Cc1ccc(N2CCN(S(=O)(=O)C[C@@H]3CCCO3)CC2=O)o1. The van der Waals surface area contributed by atoms with Gasteiger partial charge in [0.2, 0.25) is 21.8 Å². The second-order valence-corrected chi connectivity index (χ2v) is 7.69. The number of furan rings is 1. The number of piperazine rings is 1. The minimum Gasteiger partial charge on any atom is -0.445 e. The van der Waals surface area contributed by atoms with Crippen molar-refractivity contribution in [2.75, 3.05) is 36.9 Å². The van der Waals surface area contributed by atoms with Crippen LogP contribution in [-0.2, 0) is 19.6 Å². The van der Waals surface area contributed by atoms with Crippen LogP contribution in [0, 0.1) is 6.92 Å². The van der Waals surface area contributed by atoms with Gasteiger partial charge in [-0.1, -0.05) is 0 Å². The first-order valence-electron chi connectivity index (χ1n) is 7.42. The van der Waals surface area contributed by atoms with Crippen LogP contribution in [0.3, 0.4) is 0 Å². The van der Waals surface area contributed by atoms with Gasteiger partial charge in [0.05, 0.1) is 18.4 Å². The molecule has 2 aliphatic rings. The maximum atomic E-state index is 12.4. The Kier molecular flexibility index (Phi) is 4.24. The van der Waals surface area contributed by atoms with Gasteiger partial charge in [0, 0.05) is 25.8 Å². The number of carbonyl (C=O) groups excluding carboxylic acids is 1. The molecule has 122 valence electrons. The average Bonchev–Trinajstić information content (AvgIpc) is 3.10. The van der Waals surface area contributed by atoms with E-state index in [2.05, 4.69) is 0 Å². The summed E-state index contributed by atoms with van der Waals surface area (Å²) in [5.74, 6) is 0.881. The van der Waals surface area contributed by atoms with E-state index in [4.69, 9.17) is 9.15 Å². The van der Waals surface area contributed by atoms with E-state index >= 15 is 0 Å². The summed E-state index contributed by atoms with van der Waals surface area (Å²) in [5, 5.41) is 0. The molecule has 0 unspecified atom stereocenters. The maximum Gasteiger partial charge on any atom is 0.244 e. The second kappa shape index (κ2) is 6.02. The van der Waals surface area contributed by atoms with E-state index in [1.807, 2.05) is 0 Å². The lowest BCUT2D eigenvalue weighted by Crippen LogP contribution is -2.53. The predicted molar refractivity (Wildman–Crippen MR) is 80.1 cm³/mol. The van der Waals surface area contributed by atoms with Crippen LogP contribution in [0.15, 0.2) is 16.5 Å². The van der Waals surface area contributed by atoms with Gasteiger partial charge in [0.15, 0.2) is 0 Å². The minimum absolute atomic E-state index is 0.0415. The Labute approximate surface area is 129 Å². The van der Waals surface area contributed by atoms with E-state index in [0.717, 1.165) is 18.6 Å². The number of hydrogen-bond donors (Lipinski definition) is 0. The zero-order valence-corrected chi connectivity index (χ0v) is 13.3. The van der Waals surface area contributed by atoms with Crippen molar-refractivity contribution in [3.8, 4) is 0 Å². The van der Waals surface area contributed by atoms with E-state index < -0.39 is 10.0 Å². The van der Waals surface area contributed by atoms with Crippen molar-refractivity contribution >= 4 is 21.8 Å². The zero-order valence-electron chi connectivity index (χ0n) is 12.5. The third kappa shape index (κ3) is 3.18. The van der Waals surface area contributed by atoms with Crippen molar-refractivity contribution in [2.45, 2.75) is 25.9 Å². The smallest absolute Gasteiger partial charge is 0.244 e. The Morgan fingerprint density at radius 2 is 2.14 bits per heavy atom. The third-order valence-corrected chi connectivity index (χ3v) is 5.88. The summed E-state index contributed by atoms with van der Waals surface area (Å²) in [6, 6.07) is 3.51. The predicted octanol–water partition coefficient (Wildman–Crippen LogP) is 0.745. The molecule has 1 aromatic heterocycles. The fourth-order valence-electron chi connectivity index (χ4n) is 2.80. The lowest BCUT2D eigenvalue weighted by Gasteiger charge is -2.32. The summed E-state index contributed by atoms with van der Waals surface area (Å²) in [5.41, 5.74) is 0. The molecule has 0 spiro atoms. The van der Waals surface area contributed by atoms with Crippen LogP contribution < -0.4 is 4.90 Å². The molecule has 3 rings (SSSR count). The first-order valence-corrected chi connectivity index (χ1v) is 9.03. The highest BCUT2D eigenvalue weighted by Crippen LogP contribution is 2.22. The molecular formula is C14H20N2O5S. The second-order valence-electron chi connectivity index (χ2n) is 5.68. The van der Waals surface area contributed by atoms with E-state index in [0.29, 0.717) is 19.0 Å². The summed E-state index contributed by atoms with van der Waals surface area (Å²) in [6.07, 6.45) is 1.41. The Morgan fingerprint density at radius 3 is 2.73 bits per heavy atom. The van der Waals surface area contributed by atoms with Crippen LogP contribution in [0.25, 0.3) is 0 Å². The van der Waals surface area contributed by atoms with Crippen LogP contribution in [0.2, 0.25) is 0 Å². The lowest BCUT2D eigenvalue weighted by atomic mass is 10.3. The third-order valence-electron chi connectivity index (χ3n) is 3.99. The van der Waals surface area contributed by atoms with E-state index in [1.165, 1.54) is 9.21 Å². The van der Waals surface area contributed by atoms with E-state index in [-0.39, 0.29) is 30.9 Å². The standard InChI is InChI=1S/C14H20N2O5S/c1-11-4-5-14(21-11)16-7-6-15(9-13(16)17)22(18,19)10-12-3-2-8-20-12/h4-5,12H,2-3,6-10H2,1H3/t12-/m0/s1. The monoisotopic (exact) mass is 328 g/mol. The highest BCUT2D eigenvalue weighted by Gasteiger charge is 2.35. The number of carbonyl (C=O) groups is 1. The van der Waals surface area contributed by atoms with Crippen LogP contribution in [0.4, 0.5) is 5.88 Å². The number of anilines is 1. The van der Waals surface area contributed by atoms with Gasteiger partial charge in [-0.15, -0.1) is 0 Å². The van der Waals surface area contributed by atoms with Crippen molar-refractivity contribution in [2.24, 2.45) is 0 Å². The summed E-state index contributed by atoms with van der Waals surface area (Å²) in [7, 11) is -3.47. The van der Waals surface area contributed by atoms with Crippen molar-refractivity contribution in [1.29, 1.82) is 0 Å². The molecule has 1 aromatic rings. The molecule has 3 heterocycles. The maximum absolute atomic E-state index is 12.4. The van der Waals surface area contributed by atoms with Gasteiger partial charge in [-0.3, -0.25) is 9.69 Å². The van der Waals surface area contributed by atoms with Gasteiger partial charge in [0.1, 0.15) is 5.76 Å². The molecule has 8 heteroatoms. The molecule has 0 saturated carbocycles. The summed E-state index contributed by atoms with van der Waals surface area (Å²) < 4.78 is 36.8. The average molecular weight is 328 g/mol. The van der Waals surface area contributed by atoms with Crippen molar-refractivity contribution in [3.63, 3.8) is 0 Å². The van der Waals surface area contributed by atoms with Crippen molar-refractivity contribution < 1.29 is 22.4 Å². The highest BCUT2D eigenvalue weighted by atomic mass is 32.2. The molecule has 1 atom stereocenters. The molecule has 7 nitrogen and oxygen atoms in total. The molecule has 0 aromatic carbocycles. The van der Waals surface area contributed by atoms with Gasteiger partial charge in [-0.25, -0.2) is 8.42 Å². The molecule has 0 N–H and O–H groups in total. The molecule has 0 bridgehead atoms. The summed E-state index contributed by atoms with van der Waals surface area (Å²) in [6.45, 7) is 2.85. The summed E-state index contributed by atoms with van der Waals surface area (Å²) >= 11 is 0. The molecule has 2 fully saturated rings. The molecule has 22 heavy (non-hydrogen) atoms. The zero-order chi connectivity index (χ0) is 15.7. The van der Waals surface area contributed by atoms with Crippen LogP contribution in [0.1, 0.15) is 18.6 Å². The number of amides is 1. The number of ether oxygens (including phenoxy) is 1. The van der Waals surface area contributed by atoms with Crippen LogP contribution in [0.5, 0.6) is 0 Å². The molecule has 1 amide bonds. The van der Waals surface area contributed by atoms with E-state index in [9.17, 15) is 13.2 Å². The van der Waals surface area contributed by atoms with Gasteiger partial charge in [0.25, 0.3) is 0 Å². The largest absolute Gasteiger partial charge is 0.445 e. The number of rotatable bonds is 4. The first kappa shape index (κ1) is 15.5. The molecular weight excluding hydrogens is 308 g/mol. The normalized spacial score (nSPS) is 24.1. The van der Waals surface area contributed by atoms with Gasteiger partial charge in [-0.2, -0.15) is 4.31 Å². The lowest BCUT2D eigenvalue weighted by molar-refractivity contribution is -0.120. The van der Waals surface area contributed by atoms with Crippen LogP contribution >= 0.6 is 0 Å². The number of sulfonamides is 1. The fourth-order valence-corrected chi connectivity index (χ4v) is 4.42. The number of hydrogen-bond acceptors (Lipinski definition) is 5. The molecule has 0 aliphatic carbocycles. The van der Waals surface area contributed by atoms with Crippen molar-refractivity contribution in [1.82, 2.24) is 4.31 Å². The topological polar surface area (TPSA) is 80.1 Å². The fraction of sp³-hybridized carbons (Fsp3) is 0.643. The van der Waals surface area contributed by atoms with E-state index in [1.54, 1.807) is 19.1 Å². The quantitative estimate of drug-likeness (QED) is 0.815. The Morgan fingerprint density at radius 1 is 1.32 bits per heavy atom. The van der Waals surface area contributed by atoms with Gasteiger partial charge >= 0.3 is 0 Å². The van der Waals surface area contributed by atoms with Crippen LogP contribution in [-0.4, -0.2) is 56.7 Å². The highest BCUT2D eigenvalue weighted by molar-refractivity contribution is 7.89. The molecule has 2 saturated heterocycles. The molecule has 0 radical (unpaired) electrons. The number of nitrogens with zero attached hydrogens (tertiary/aromatic N) is 2. The molecule has 2 aliphatic heterocycles. The summed E-state index contributed by atoms with van der Waals surface area (Å²) in [4.78, 5) is 13.7. The van der Waals surface area contributed by atoms with Gasteiger partial charge in [-0.05, 0) is 25.8 Å². The number of aryl methyl sites for hydroxylation is 1. The Bertz CT molecular complexity index is 648. The Hall–Kier alpha value is -1.38.